The number of piperidine rings is 1. The highest BCUT2D eigenvalue weighted by Crippen LogP contribution is 2.37. The maximum atomic E-state index is 13.0. The van der Waals surface area contributed by atoms with Crippen molar-refractivity contribution in [3.05, 3.63) is 28.8 Å². The quantitative estimate of drug-likeness (QED) is 0.898. The van der Waals surface area contributed by atoms with Gasteiger partial charge in [-0.3, -0.25) is 0 Å². The first-order valence-electron chi connectivity index (χ1n) is 6.25. The van der Waals surface area contributed by atoms with E-state index in [0.717, 1.165) is 16.4 Å². The van der Waals surface area contributed by atoms with Gasteiger partial charge in [0.25, 0.3) is 0 Å². The molecule has 0 radical (unpaired) electrons. The SMILES string of the molecule is NC1CCCN(S(=O)(=O)c2ccc(Cl)cc2C(F)(F)F)C1. The van der Waals surface area contributed by atoms with Crippen molar-refractivity contribution in [3.8, 4) is 0 Å². The van der Waals surface area contributed by atoms with E-state index in [1.807, 2.05) is 0 Å². The van der Waals surface area contributed by atoms with Crippen LogP contribution in [0.5, 0.6) is 0 Å². The van der Waals surface area contributed by atoms with Gasteiger partial charge in [0.1, 0.15) is 0 Å². The van der Waals surface area contributed by atoms with Gasteiger partial charge in [0.2, 0.25) is 10.0 Å². The Bertz CT molecular complexity index is 634. The van der Waals surface area contributed by atoms with Crippen LogP contribution in [0.2, 0.25) is 5.02 Å². The highest BCUT2D eigenvalue weighted by atomic mass is 35.5. The summed E-state index contributed by atoms with van der Waals surface area (Å²) in [7, 11) is -4.25. The molecule has 21 heavy (non-hydrogen) atoms. The summed E-state index contributed by atoms with van der Waals surface area (Å²) in [6.45, 7) is 0.179. The van der Waals surface area contributed by atoms with E-state index >= 15 is 0 Å². The largest absolute Gasteiger partial charge is 0.417 e. The molecule has 118 valence electrons. The van der Waals surface area contributed by atoms with Crippen LogP contribution in [0.1, 0.15) is 18.4 Å². The van der Waals surface area contributed by atoms with Gasteiger partial charge in [-0.05, 0) is 31.0 Å². The van der Waals surface area contributed by atoms with E-state index in [2.05, 4.69) is 0 Å². The lowest BCUT2D eigenvalue weighted by molar-refractivity contribution is -0.139. The molecule has 0 aliphatic carbocycles. The zero-order chi connectivity index (χ0) is 15.8. The number of rotatable bonds is 2. The fourth-order valence-corrected chi connectivity index (χ4v) is 4.18. The summed E-state index contributed by atoms with van der Waals surface area (Å²) in [5.41, 5.74) is 4.44. The molecule has 4 nitrogen and oxygen atoms in total. The third-order valence-electron chi connectivity index (χ3n) is 3.29. The Labute approximate surface area is 125 Å². The Hall–Kier alpha value is -0.830. The van der Waals surface area contributed by atoms with E-state index in [1.54, 1.807) is 0 Å². The van der Waals surface area contributed by atoms with Crippen LogP contribution in [0.25, 0.3) is 0 Å². The van der Waals surface area contributed by atoms with Crippen molar-refractivity contribution in [1.29, 1.82) is 0 Å². The molecular weight excluding hydrogens is 329 g/mol. The van der Waals surface area contributed by atoms with Gasteiger partial charge < -0.3 is 5.73 Å². The molecule has 9 heteroatoms. The third-order valence-corrected chi connectivity index (χ3v) is 5.44. The van der Waals surface area contributed by atoms with Gasteiger partial charge in [0, 0.05) is 24.2 Å². The van der Waals surface area contributed by atoms with Crippen LogP contribution in [-0.4, -0.2) is 31.9 Å². The molecule has 0 amide bonds. The zero-order valence-corrected chi connectivity index (χ0v) is 12.5. The summed E-state index contributed by atoms with van der Waals surface area (Å²) in [6.07, 6.45) is -3.63. The van der Waals surface area contributed by atoms with Gasteiger partial charge in [0.15, 0.2) is 0 Å². The van der Waals surface area contributed by atoms with E-state index in [-0.39, 0.29) is 24.2 Å². The summed E-state index contributed by atoms with van der Waals surface area (Å²) in [5, 5.41) is -0.170. The standard InChI is InChI=1S/C12H14ClF3N2O2S/c13-8-3-4-11(10(6-8)12(14,15)16)21(19,20)18-5-1-2-9(17)7-18/h3-4,6,9H,1-2,5,7,17H2. The first-order valence-corrected chi connectivity index (χ1v) is 8.06. The van der Waals surface area contributed by atoms with Gasteiger partial charge >= 0.3 is 6.18 Å². The summed E-state index contributed by atoms with van der Waals surface area (Å²) in [5.74, 6) is 0. The summed E-state index contributed by atoms with van der Waals surface area (Å²) in [4.78, 5) is -0.784. The molecule has 2 N–H and O–H groups in total. The second-order valence-electron chi connectivity index (χ2n) is 4.90. The first kappa shape index (κ1) is 16.5. The van der Waals surface area contributed by atoms with Crippen LogP contribution < -0.4 is 5.73 Å². The maximum absolute atomic E-state index is 13.0. The average molecular weight is 343 g/mol. The molecule has 1 saturated heterocycles. The first-order chi connectivity index (χ1) is 9.62. The molecule has 1 aromatic carbocycles. The summed E-state index contributed by atoms with van der Waals surface area (Å²) >= 11 is 5.55. The molecule has 0 bridgehead atoms. The maximum Gasteiger partial charge on any atom is 0.417 e. The molecule has 1 aliphatic heterocycles. The van der Waals surface area contributed by atoms with Gasteiger partial charge in [0.05, 0.1) is 10.5 Å². The fourth-order valence-electron chi connectivity index (χ4n) is 2.28. The van der Waals surface area contributed by atoms with Crippen molar-refractivity contribution < 1.29 is 21.6 Å². The molecule has 0 saturated carbocycles. The van der Waals surface area contributed by atoms with Crippen molar-refractivity contribution in [3.63, 3.8) is 0 Å². The minimum atomic E-state index is -4.80. The van der Waals surface area contributed by atoms with Crippen LogP contribution in [0.3, 0.4) is 0 Å². The number of halogens is 4. The van der Waals surface area contributed by atoms with E-state index in [9.17, 15) is 21.6 Å². The molecule has 1 aromatic rings. The Kier molecular flexibility index (Phi) is 4.53. The average Bonchev–Trinajstić information content (AvgIpc) is 2.37. The van der Waals surface area contributed by atoms with Gasteiger partial charge in [-0.25, -0.2) is 8.42 Å². The van der Waals surface area contributed by atoms with Crippen LogP contribution >= 0.6 is 11.6 Å². The van der Waals surface area contributed by atoms with Gasteiger partial charge in [-0.15, -0.1) is 0 Å². The van der Waals surface area contributed by atoms with Crippen molar-refractivity contribution >= 4 is 21.6 Å². The van der Waals surface area contributed by atoms with E-state index in [4.69, 9.17) is 17.3 Å². The molecule has 1 heterocycles. The molecule has 1 fully saturated rings. The summed E-state index contributed by atoms with van der Waals surface area (Å²) in [6, 6.07) is 2.28. The Balaban J connectivity index is 2.50. The lowest BCUT2D eigenvalue weighted by atomic mass is 10.1. The van der Waals surface area contributed by atoms with E-state index in [0.29, 0.717) is 18.9 Å². The predicted molar refractivity (Wildman–Crippen MR) is 72.4 cm³/mol. The summed E-state index contributed by atoms with van der Waals surface area (Å²) < 4.78 is 65.0. The van der Waals surface area contributed by atoms with Crippen LogP contribution in [0.15, 0.2) is 23.1 Å². The molecule has 0 aromatic heterocycles. The molecule has 1 atom stereocenters. The van der Waals surface area contributed by atoms with Crippen molar-refractivity contribution in [1.82, 2.24) is 4.31 Å². The van der Waals surface area contributed by atoms with E-state index < -0.39 is 26.7 Å². The van der Waals surface area contributed by atoms with Crippen LogP contribution in [0.4, 0.5) is 13.2 Å². The molecule has 1 aliphatic rings. The Morgan fingerprint density at radius 2 is 2.00 bits per heavy atom. The normalized spacial score (nSPS) is 21.5. The van der Waals surface area contributed by atoms with Crippen molar-refractivity contribution in [2.75, 3.05) is 13.1 Å². The van der Waals surface area contributed by atoms with Gasteiger partial charge in [-0.2, -0.15) is 17.5 Å². The van der Waals surface area contributed by atoms with Gasteiger partial charge in [-0.1, -0.05) is 11.6 Å². The smallest absolute Gasteiger partial charge is 0.327 e. The number of sulfonamides is 1. The number of alkyl halides is 3. The third kappa shape index (κ3) is 3.50. The number of hydrogen-bond donors (Lipinski definition) is 1. The number of benzene rings is 1. The highest BCUT2D eigenvalue weighted by molar-refractivity contribution is 7.89. The van der Waals surface area contributed by atoms with Crippen molar-refractivity contribution in [2.45, 2.75) is 30.0 Å². The number of nitrogens with two attached hydrogens (primary N) is 1. The number of nitrogens with zero attached hydrogens (tertiary/aromatic N) is 1. The Morgan fingerprint density at radius 3 is 2.57 bits per heavy atom. The van der Waals surface area contributed by atoms with Crippen molar-refractivity contribution in [2.24, 2.45) is 5.73 Å². The monoisotopic (exact) mass is 342 g/mol. The fraction of sp³-hybridized carbons (Fsp3) is 0.500. The zero-order valence-electron chi connectivity index (χ0n) is 10.9. The molecule has 0 spiro atoms. The van der Waals surface area contributed by atoms with Crippen LogP contribution in [0, 0.1) is 0 Å². The minimum Gasteiger partial charge on any atom is -0.327 e. The van der Waals surface area contributed by atoms with E-state index in [1.165, 1.54) is 0 Å². The minimum absolute atomic E-state index is 0.0161. The molecular formula is C12H14ClF3N2O2S. The predicted octanol–water partition coefficient (Wildman–Crippen LogP) is 2.47. The van der Waals surface area contributed by atoms with Crippen LogP contribution in [-0.2, 0) is 16.2 Å². The Morgan fingerprint density at radius 1 is 1.33 bits per heavy atom. The lowest BCUT2D eigenvalue weighted by Crippen LogP contribution is -2.45. The lowest BCUT2D eigenvalue weighted by Gasteiger charge is -2.30. The number of hydrogen-bond acceptors (Lipinski definition) is 3. The second kappa shape index (κ2) is 5.75. The highest BCUT2D eigenvalue weighted by Gasteiger charge is 2.40. The topological polar surface area (TPSA) is 63.4 Å². The molecule has 2 rings (SSSR count). The second-order valence-corrected chi connectivity index (χ2v) is 7.25. The molecule has 1 unspecified atom stereocenters.